The first-order valence-electron chi connectivity index (χ1n) is 9.90. The van der Waals surface area contributed by atoms with Crippen molar-refractivity contribution in [2.45, 2.75) is 76.5 Å². The van der Waals surface area contributed by atoms with Crippen molar-refractivity contribution in [2.75, 3.05) is 6.54 Å². The minimum atomic E-state index is -0.863. The summed E-state index contributed by atoms with van der Waals surface area (Å²) in [7, 11) is 0. The van der Waals surface area contributed by atoms with Crippen molar-refractivity contribution in [2.24, 2.45) is 5.92 Å². The Hall–Kier alpha value is -1.39. The van der Waals surface area contributed by atoms with Gasteiger partial charge in [0, 0.05) is 12.0 Å². The highest BCUT2D eigenvalue weighted by Crippen LogP contribution is 2.40. The van der Waals surface area contributed by atoms with Crippen LogP contribution in [0.15, 0.2) is 24.3 Å². The fourth-order valence-electron chi connectivity index (χ4n) is 4.37. The van der Waals surface area contributed by atoms with Gasteiger partial charge >= 0.3 is 5.97 Å². The van der Waals surface area contributed by atoms with Gasteiger partial charge in [-0.2, -0.15) is 0 Å². The van der Waals surface area contributed by atoms with Crippen LogP contribution in [-0.2, 0) is 11.2 Å². The second-order valence-corrected chi connectivity index (χ2v) is 7.55. The van der Waals surface area contributed by atoms with Gasteiger partial charge in [-0.25, -0.2) is 4.79 Å². The number of nitrogens with one attached hydrogen (secondary N) is 1. The Morgan fingerprint density at radius 1 is 1.12 bits per heavy atom. The number of carboxylic acids is 1. The molecule has 3 rings (SSSR count). The zero-order valence-corrected chi connectivity index (χ0v) is 15.2. The van der Waals surface area contributed by atoms with Gasteiger partial charge in [0.15, 0.2) is 0 Å². The number of fused-ring (bicyclic) bond motifs is 2. The smallest absolute Gasteiger partial charge is 0.335 e. The Labute approximate surface area is 151 Å². The largest absolute Gasteiger partial charge is 0.478 e. The van der Waals surface area contributed by atoms with Gasteiger partial charge in [-0.1, -0.05) is 44.7 Å². The minimum Gasteiger partial charge on any atom is -0.478 e. The van der Waals surface area contributed by atoms with E-state index in [0.717, 1.165) is 19.4 Å². The van der Waals surface area contributed by atoms with Gasteiger partial charge in [-0.15, -0.1) is 0 Å². The van der Waals surface area contributed by atoms with E-state index in [1.54, 1.807) is 12.1 Å². The lowest BCUT2D eigenvalue weighted by molar-refractivity contribution is 0.0696. The summed E-state index contributed by atoms with van der Waals surface area (Å²) in [5, 5.41) is 12.8. The molecule has 0 radical (unpaired) electrons. The lowest BCUT2D eigenvalue weighted by Gasteiger charge is -2.29. The molecular formula is C21H31NO3. The van der Waals surface area contributed by atoms with Gasteiger partial charge in [0.2, 0.25) is 0 Å². The first-order chi connectivity index (χ1) is 12.2. The number of aromatic carboxylic acids is 1. The van der Waals surface area contributed by atoms with E-state index in [2.05, 4.69) is 12.2 Å². The second-order valence-electron chi connectivity index (χ2n) is 7.55. The van der Waals surface area contributed by atoms with Crippen molar-refractivity contribution in [3.8, 4) is 0 Å². The summed E-state index contributed by atoms with van der Waals surface area (Å²) in [6, 6.07) is 7.78. The minimum absolute atomic E-state index is 0.356. The monoisotopic (exact) mass is 345 g/mol. The number of benzene rings is 1. The average molecular weight is 345 g/mol. The van der Waals surface area contributed by atoms with Gasteiger partial charge in [-0.3, -0.25) is 0 Å². The molecule has 4 atom stereocenters. The van der Waals surface area contributed by atoms with Gasteiger partial charge in [0.1, 0.15) is 0 Å². The first-order valence-corrected chi connectivity index (χ1v) is 9.90. The fourth-order valence-corrected chi connectivity index (χ4v) is 4.37. The Morgan fingerprint density at radius 2 is 1.84 bits per heavy atom. The predicted molar refractivity (Wildman–Crippen MR) is 99.0 cm³/mol. The molecule has 2 aliphatic heterocycles. The average Bonchev–Trinajstić information content (AvgIpc) is 3.21. The number of rotatable bonds is 10. The van der Waals surface area contributed by atoms with E-state index in [1.807, 2.05) is 12.1 Å². The van der Waals surface area contributed by atoms with E-state index in [1.165, 1.54) is 44.1 Å². The zero-order chi connectivity index (χ0) is 17.6. The highest BCUT2D eigenvalue weighted by atomic mass is 16.5. The lowest BCUT2D eigenvalue weighted by atomic mass is 9.80. The van der Waals surface area contributed by atoms with Crippen LogP contribution in [0, 0.1) is 5.92 Å². The number of carbonyl (C=O) groups is 1. The molecule has 0 aliphatic carbocycles. The molecule has 138 valence electrons. The van der Waals surface area contributed by atoms with E-state index < -0.39 is 5.97 Å². The molecule has 0 saturated carbocycles. The number of unbranched alkanes of at least 4 members (excludes halogenated alkanes) is 4. The number of hydrogen-bond donors (Lipinski definition) is 2. The number of ether oxygens (including phenoxy) is 1. The molecule has 1 aromatic rings. The van der Waals surface area contributed by atoms with E-state index in [9.17, 15) is 4.79 Å². The number of carboxylic acid groups (broad SMARTS) is 1. The van der Waals surface area contributed by atoms with Crippen LogP contribution in [0.25, 0.3) is 0 Å². The Bertz CT molecular complexity index is 557. The molecule has 2 heterocycles. The molecule has 2 N–H and O–H groups in total. The summed E-state index contributed by atoms with van der Waals surface area (Å²) in [6.45, 7) is 3.33. The third kappa shape index (κ3) is 4.62. The van der Waals surface area contributed by atoms with Crippen LogP contribution < -0.4 is 5.32 Å². The quantitative estimate of drug-likeness (QED) is 0.629. The second kappa shape index (κ2) is 8.81. The van der Waals surface area contributed by atoms with Crippen LogP contribution in [0.2, 0.25) is 0 Å². The first kappa shape index (κ1) is 18.4. The maximum Gasteiger partial charge on any atom is 0.335 e. The molecular weight excluding hydrogens is 314 g/mol. The third-order valence-electron chi connectivity index (χ3n) is 5.76. The van der Waals surface area contributed by atoms with Crippen molar-refractivity contribution in [1.29, 1.82) is 0 Å². The Balaban J connectivity index is 1.52. The standard InChI is InChI=1S/C21H31NO3/c1-2-3-4-5-6-13-22-20-17(18-11-12-19(20)25-18)14-15-7-9-16(10-8-15)21(23)24/h7-10,17-20,22H,2-6,11-14H2,1H3,(H,23,24)/t17-,18+,19-,20+/m0/s1. The molecule has 0 aromatic heterocycles. The van der Waals surface area contributed by atoms with Crippen LogP contribution in [0.1, 0.15) is 67.8 Å². The highest BCUT2D eigenvalue weighted by Gasteiger charge is 2.48. The van der Waals surface area contributed by atoms with E-state index in [-0.39, 0.29) is 0 Å². The molecule has 25 heavy (non-hydrogen) atoms. The van der Waals surface area contributed by atoms with E-state index in [0.29, 0.717) is 29.7 Å². The third-order valence-corrected chi connectivity index (χ3v) is 5.76. The SMILES string of the molecule is CCCCCCCN[C@@H]1[C@@H](Cc2ccc(C(=O)O)cc2)[C@H]2CC[C@@H]1O2. The molecule has 2 aliphatic rings. The van der Waals surface area contributed by atoms with Crippen molar-refractivity contribution >= 4 is 5.97 Å². The maximum absolute atomic E-state index is 11.0. The lowest BCUT2D eigenvalue weighted by Crippen LogP contribution is -2.45. The fraction of sp³-hybridized carbons (Fsp3) is 0.667. The molecule has 4 heteroatoms. The molecule has 1 aromatic carbocycles. The van der Waals surface area contributed by atoms with Crippen LogP contribution in [0.4, 0.5) is 0 Å². The number of hydrogen-bond acceptors (Lipinski definition) is 3. The Morgan fingerprint density at radius 3 is 2.56 bits per heavy atom. The van der Waals surface area contributed by atoms with Crippen LogP contribution in [0.3, 0.4) is 0 Å². The van der Waals surface area contributed by atoms with Crippen molar-refractivity contribution in [3.05, 3.63) is 35.4 Å². The van der Waals surface area contributed by atoms with Gasteiger partial charge in [-0.05, 0) is 49.9 Å². The van der Waals surface area contributed by atoms with Gasteiger partial charge < -0.3 is 15.2 Å². The van der Waals surface area contributed by atoms with Crippen molar-refractivity contribution in [1.82, 2.24) is 5.32 Å². The summed E-state index contributed by atoms with van der Waals surface area (Å²) in [5.74, 6) is -0.359. The summed E-state index contributed by atoms with van der Waals surface area (Å²) >= 11 is 0. The summed E-state index contributed by atoms with van der Waals surface area (Å²) < 4.78 is 6.17. The normalized spacial score (nSPS) is 27.7. The van der Waals surface area contributed by atoms with Crippen LogP contribution >= 0.6 is 0 Å². The van der Waals surface area contributed by atoms with Crippen molar-refractivity contribution < 1.29 is 14.6 Å². The van der Waals surface area contributed by atoms with Gasteiger partial charge in [0.05, 0.1) is 17.8 Å². The van der Waals surface area contributed by atoms with E-state index >= 15 is 0 Å². The van der Waals surface area contributed by atoms with Gasteiger partial charge in [0.25, 0.3) is 0 Å². The molecule has 4 nitrogen and oxygen atoms in total. The molecule has 0 amide bonds. The summed E-state index contributed by atoms with van der Waals surface area (Å²) in [6.07, 6.45) is 10.6. The summed E-state index contributed by atoms with van der Waals surface area (Å²) in [4.78, 5) is 11.0. The van der Waals surface area contributed by atoms with Crippen molar-refractivity contribution in [3.63, 3.8) is 0 Å². The topological polar surface area (TPSA) is 58.6 Å². The molecule has 2 saturated heterocycles. The van der Waals surface area contributed by atoms with Crippen LogP contribution in [-0.4, -0.2) is 35.9 Å². The predicted octanol–water partition coefficient (Wildman–Crippen LogP) is 4.03. The Kier molecular flexibility index (Phi) is 6.49. The molecule has 2 fully saturated rings. The molecule has 0 spiro atoms. The van der Waals surface area contributed by atoms with Crippen LogP contribution in [0.5, 0.6) is 0 Å². The highest BCUT2D eigenvalue weighted by molar-refractivity contribution is 5.87. The maximum atomic E-state index is 11.0. The zero-order valence-electron chi connectivity index (χ0n) is 15.2. The summed E-state index contributed by atoms with van der Waals surface area (Å²) in [5.41, 5.74) is 1.57. The molecule has 0 unspecified atom stereocenters. The molecule has 2 bridgehead atoms. The van der Waals surface area contributed by atoms with E-state index in [4.69, 9.17) is 9.84 Å².